The topological polar surface area (TPSA) is 87.7 Å². The molecule has 2 amide bonds. The molecular weight excluding hydrogens is 291 g/mol. The maximum atomic E-state index is 13.1. The third kappa shape index (κ3) is 3.37. The summed E-state index contributed by atoms with van der Waals surface area (Å²) in [7, 11) is 0. The zero-order valence-electron chi connectivity index (χ0n) is 10.3. The number of carbonyl (C=O) groups excluding carboxylic acids is 2. The molecule has 0 spiro atoms. The van der Waals surface area contributed by atoms with E-state index in [9.17, 15) is 19.1 Å². The molecule has 1 unspecified atom stereocenters. The molecule has 1 saturated heterocycles. The first-order valence-electron chi connectivity index (χ1n) is 5.81. The smallest absolute Gasteiger partial charge is 0.407 e. The van der Waals surface area contributed by atoms with E-state index in [2.05, 4.69) is 15.4 Å². The minimum Gasteiger partial charge on any atom is -0.407 e. The molecule has 1 fully saturated rings. The largest absolute Gasteiger partial charge is 0.410 e. The Morgan fingerprint density at radius 2 is 2.30 bits per heavy atom. The van der Waals surface area contributed by atoms with Crippen LogP contribution in [0.3, 0.4) is 0 Å². The molecule has 0 saturated carbocycles. The second-order valence-corrected chi connectivity index (χ2v) is 4.75. The van der Waals surface area contributed by atoms with Crippen LogP contribution in [0.5, 0.6) is 0 Å². The van der Waals surface area contributed by atoms with Crippen LogP contribution in [0.1, 0.15) is 12.0 Å². The third-order valence-corrected chi connectivity index (χ3v) is 2.94. The van der Waals surface area contributed by atoms with Crippen molar-refractivity contribution in [2.45, 2.75) is 18.8 Å². The quantitative estimate of drug-likeness (QED) is 0.724. The molecule has 1 aliphatic rings. The number of amides is 2. The van der Waals surface area contributed by atoms with Gasteiger partial charge in [-0.25, -0.2) is 9.18 Å². The number of hydrogen-bond acceptors (Lipinski definition) is 4. The molecule has 1 atom stereocenters. The van der Waals surface area contributed by atoms with Crippen molar-refractivity contribution in [2.24, 2.45) is 0 Å². The summed E-state index contributed by atoms with van der Waals surface area (Å²) in [6.45, 7) is 0.177. The molecule has 6 nitrogen and oxygen atoms in total. The van der Waals surface area contributed by atoms with Gasteiger partial charge in [-0.1, -0.05) is 11.6 Å². The van der Waals surface area contributed by atoms with Crippen LogP contribution < -0.4 is 10.6 Å². The highest BCUT2D eigenvalue weighted by Gasteiger charge is 2.44. The Hall–Kier alpha value is -1.86. The number of nitrogens with one attached hydrogen (secondary N) is 2. The van der Waals surface area contributed by atoms with E-state index in [0.717, 1.165) is 6.07 Å². The van der Waals surface area contributed by atoms with E-state index in [0.29, 0.717) is 5.56 Å². The number of ether oxygens (including phenoxy) is 1. The van der Waals surface area contributed by atoms with Gasteiger partial charge in [0.2, 0.25) is 0 Å². The number of rotatable bonds is 3. The van der Waals surface area contributed by atoms with Gasteiger partial charge >= 0.3 is 6.09 Å². The average Bonchev–Trinajstić information content (AvgIpc) is 2.65. The molecule has 1 heterocycles. The summed E-state index contributed by atoms with van der Waals surface area (Å²) >= 11 is 5.67. The van der Waals surface area contributed by atoms with Crippen molar-refractivity contribution in [1.29, 1.82) is 0 Å². The van der Waals surface area contributed by atoms with E-state index in [4.69, 9.17) is 11.6 Å². The van der Waals surface area contributed by atoms with Crippen LogP contribution in [0.2, 0.25) is 5.02 Å². The zero-order valence-corrected chi connectivity index (χ0v) is 11.0. The van der Waals surface area contributed by atoms with Crippen LogP contribution in [-0.4, -0.2) is 29.4 Å². The number of benzene rings is 1. The maximum absolute atomic E-state index is 13.1. The first kappa shape index (κ1) is 14.5. The Morgan fingerprint density at radius 3 is 2.90 bits per heavy atom. The number of carbonyl (C=O) groups is 2. The van der Waals surface area contributed by atoms with Crippen molar-refractivity contribution >= 4 is 23.6 Å². The van der Waals surface area contributed by atoms with Gasteiger partial charge in [0.15, 0.2) is 0 Å². The Kier molecular flexibility index (Phi) is 4.10. The molecule has 0 aliphatic carbocycles. The summed E-state index contributed by atoms with van der Waals surface area (Å²) in [5.74, 6) is -3.44. The summed E-state index contributed by atoms with van der Waals surface area (Å²) in [4.78, 5) is 22.8. The van der Waals surface area contributed by atoms with Crippen molar-refractivity contribution < 1.29 is 23.8 Å². The molecule has 20 heavy (non-hydrogen) atoms. The molecule has 0 bridgehead atoms. The lowest BCUT2D eigenvalue weighted by Gasteiger charge is -2.19. The lowest BCUT2D eigenvalue weighted by molar-refractivity contribution is -0.176. The monoisotopic (exact) mass is 302 g/mol. The highest BCUT2D eigenvalue weighted by atomic mass is 35.5. The fourth-order valence-electron chi connectivity index (χ4n) is 1.77. The summed E-state index contributed by atoms with van der Waals surface area (Å²) in [5, 5.41) is 14.6. The van der Waals surface area contributed by atoms with E-state index < -0.39 is 23.6 Å². The minimum absolute atomic E-state index is 0.0228. The van der Waals surface area contributed by atoms with E-state index in [1.165, 1.54) is 12.1 Å². The fourth-order valence-corrected chi connectivity index (χ4v) is 2.02. The molecule has 8 heteroatoms. The van der Waals surface area contributed by atoms with Gasteiger partial charge in [-0.15, -0.1) is 0 Å². The molecule has 1 aromatic rings. The first-order chi connectivity index (χ1) is 9.39. The highest BCUT2D eigenvalue weighted by Crippen LogP contribution is 2.18. The second kappa shape index (κ2) is 5.64. The van der Waals surface area contributed by atoms with Gasteiger partial charge in [-0.05, 0) is 23.8 Å². The zero-order chi connectivity index (χ0) is 14.8. The standard InChI is InChI=1S/C12H12ClFN2O4/c13-8-3-7(4-9(14)5-8)6-16-11(18)20-12(19)1-2-15-10(12)17/h3-5,19H,1-2,6H2,(H,15,17)(H,16,18). The number of alkyl carbamates (subject to hydrolysis) is 1. The minimum atomic E-state index is -2.15. The number of aliphatic hydroxyl groups is 1. The Morgan fingerprint density at radius 1 is 1.55 bits per heavy atom. The van der Waals surface area contributed by atoms with Crippen LogP contribution in [-0.2, 0) is 16.1 Å². The summed E-state index contributed by atoms with van der Waals surface area (Å²) in [5.41, 5.74) is 0.426. The summed E-state index contributed by atoms with van der Waals surface area (Å²) < 4.78 is 17.7. The molecular formula is C12H12ClFN2O4. The van der Waals surface area contributed by atoms with Gasteiger partial charge in [0.1, 0.15) is 5.82 Å². The maximum Gasteiger partial charge on any atom is 0.410 e. The van der Waals surface area contributed by atoms with Crippen LogP contribution in [0, 0.1) is 5.82 Å². The van der Waals surface area contributed by atoms with Crippen molar-refractivity contribution in [3.8, 4) is 0 Å². The van der Waals surface area contributed by atoms with Crippen LogP contribution in [0.4, 0.5) is 9.18 Å². The predicted octanol–water partition coefficient (Wildman–Crippen LogP) is 0.914. The van der Waals surface area contributed by atoms with Gasteiger partial charge in [0.25, 0.3) is 11.7 Å². The summed E-state index contributed by atoms with van der Waals surface area (Å²) in [6, 6.07) is 3.81. The molecule has 108 valence electrons. The Balaban J connectivity index is 1.90. The van der Waals surface area contributed by atoms with Gasteiger partial charge in [-0.3, -0.25) is 4.79 Å². The van der Waals surface area contributed by atoms with Crippen molar-refractivity contribution in [1.82, 2.24) is 10.6 Å². The second-order valence-electron chi connectivity index (χ2n) is 4.31. The van der Waals surface area contributed by atoms with E-state index in [-0.39, 0.29) is 24.5 Å². The Bertz CT molecular complexity index is 534. The SMILES string of the molecule is O=C(NCc1cc(F)cc(Cl)c1)OC1(O)CCNC1=O. The lowest BCUT2D eigenvalue weighted by atomic mass is 10.2. The molecule has 0 aromatic heterocycles. The first-order valence-corrected chi connectivity index (χ1v) is 6.19. The molecule has 1 aliphatic heterocycles. The average molecular weight is 303 g/mol. The van der Waals surface area contributed by atoms with E-state index >= 15 is 0 Å². The fraction of sp³-hybridized carbons (Fsp3) is 0.333. The van der Waals surface area contributed by atoms with E-state index in [1.54, 1.807) is 0 Å². The van der Waals surface area contributed by atoms with Gasteiger partial charge in [0.05, 0.1) is 0 Å². The van der Waals surface area contributed by atoms with Crippen molar-refractivity contribution in [3.63, 3.8) is 0 Å². The van der Waals surface area contributed by atoms with E-state index in [1.807, 2.05) is 0 Å². The van der Waals surface area contributed by atoms with Crippen LogP contribution in [0.25, 0.3) is 0 Å². The highest BCUT2D eigenvalue weighted by molar-refractivity contribution is 6.30. The van der Waals surface area contributed by atoms with Gasteiger partial charge < -0.3 is 20.5 Å². The summed E-state index contributed by atoms with van der Waals surface area (Å²) in [6.07, 6.45) is -1.00. The number of halogens is 2. The molecule has 1 aromatic carbocycles. The number of hydrogen-bond donors (Lipinski definition) is 3. The molecule has 2 rings (SSSR count). The van der Waals surface area contributed by atoms with Gasteiger partial charge in [-0.2, -0.15) is 0 Å². The molecule has 3 N–H and O–H groups in total. The third-order valence-electron chi connectivity index (χ3n) is 2.72. The van der Waals surface area contributed by atoms with Gasteiger partial charge in [0, 0.05) is 24.5 Å². The predicted molar refractivity (Wildman–Crippen MR) is 67.3 cm³/mol. The van der Waals surface area contributed by atoms with Crippen molar-refractivity contribution in [2.75, 3.05) is 6.54 Å². The van der Waals surface area contributed by atoms with Crippen LogP contribution >= 0.6 is 11.6 Å². The Labute approximate surface area is 118 Å². The van der Waals surface area contributed by atoms with Crippen LogP contribution in [0.15, 0.2) is 18.2 Å². The normalized spacial score (nSPS) is 21.4. The van der Waals surface area contributed by atoms with Crippen molar-refractivity contribution in [3.05, 3.63) is 34.6 Å². The lowest BCUT2D eigenvalue weighted by Crippen LogP contribution is -2.44. The molecule has 0 radical (unpaired) electrons.